The van der Waals surface area contributed by atoms with Gasteiger partial charge in [-0.15, -0.1) is 0 Å². The van der Waals surface area contributed by atoms with Gasteiger partial charge in [0.05, 0.1) is 6.20 Å². The normalized spacial score (nSPS) is 11.6. The molecule has 96 valence electrons. The number of halogens is 1. The second kappa shape index (κ2) is 5.04. The maximum atomic E-state index is 12.0. The van der Waals surface area contributed by atoms with Crippen molar-refractivity contribution in [3.05, 3.63) is 34.7 Å². The number of nitrogens with one attached hydrogen (secondary N) is 2. The third kappa shape index (κ3) is 2.86. The summed E-state index contributed by atoms with van der Waals surface area (Å²) in [7, 11) is -3.70. The first-order chi connectivity index (χ1) is 8.49. The Morgan fingerprint density at radius 2 is 2.22 bits per heavy atom. The van der Waals surface area contributed by atoms with Crippen molar-refractivity contribution in [2.45, 2.75) is 11.4 Å². The van der Waals surface area contributed by atoms with Gasteiger partial charge < -0.3 is 5.73 Å². The van der Waals surface area contributed by atoms with E-state index in [0.29, 0.717) is 4.47 Å². The van der Waals surface area contributed by atoms with Crippen molar-refractivity contribution >= 4 is 31.8 Å². The molecular weight excluding hydrogens is 322 g/mol. The summed E-state index contributed by atoms with van der Waals surface area (Å²) < 4.78 is 27.0. The molecule has 0 atom stereocenters. The van der Waals surface area contributed by atoms with E-state index in [1.54, 1.807) is 6.20 Å². The molecule has 0 aliphatic carbocycles. The van der Waals surface area contributed by atoms with Crippen LogP contribution in [-0.4, -0.2) is 23.6 Å². The van der Waals surface area contributed by atoms with Gasteiger partial charge in [0.25, 0.3) is 0 Å². The molecule has 0 aliphatic rings. The lowest BCUT2D eigenvalue weighted by atomic mass is 10.4. The second-order valence-electron chi connectivity index (χ2n) is 3.47. The van der Waals surface area contributed by atoms with E-state index >= 15 is 0 Å². The highest BCUT2D eigenvalue weighted by atomic mass is 79.9. The van der Waals surface area contributed by atoms with Gasteiger partial charge in [-0.2, -0.15) is 5.10 Å². The minimum Gasteiger partial charge on any atom is -0.383 e. The highest BCUT2D eigenvalue weighted by molar-refractivity contribution is 9.10. The fourth-order valence-corrected chi connectivity index (χ4v) is 2.88. The summed E-state index contributed by atoms with van der Waals surface area (Å²) in [6.45, 7) is 0.130. The molecule has 2 rings (SSSR count). The quantitative estimate of drug-likeness (QED) is 0.760. The molecule has 0 spiro atoms. The Labute approximate surface area is 112 Å². The molecule has 0 aromatic carbocycles. The Morgan fingerprint density at radius 3 is 2.89 bits per heavy atom. The van der Waals surface area contributed by atoms with Crippen LogP contribution in [0.1, 0.15) is 5.56 Å². The maximum absolute atomic E-state index is 12.0. The summed E-state index contributed by atoms with van der Waals surface area (Å²) in [5, 5.41) is 6.32. The van der Waals surface area contributed by atoms with Gasteiger partial charge in [-0.25, -0.2) is 18.1 Å². The highest BCUT2D eigenvalue weighted by Gasteiger charge is 2.18. The summed E-state index contributed by atoms with van der Waals surface area (Å²) in [6, 6.07) is 1.40. The molecule has 0 radical (unpaired) electrons. The van der Waals surface area contributed by atoms with Crippen LogP contribution in [0.4, 0.5) is 5.82 Å². The molecule has 9 heteroatoms. The predicted molar refractivity (Wildman–Crippen MR) is 69.0 cm³/mol. The summed E-state index contributed by atoms with van der Waals surface area (Å²) in [4.78, 5) is 3.73. The molecule has 0 saturated carbocycles. The fraction of sp³-hybridized carbons (Fsp3) is 0.111. The lowest BCUT2D eigenvalue weighted by Gasteiger charge is -2.07. The number of rotatable bonds is 4. The summed E-state index contributed by atoms with van der Waals surface area (Å²) in [6.07, 6.45) is 4.57. The second-order valence-corrected chi connectivity index (χ2v) is 6.12. The van der Waals surface area contributed by atoms with Crippen molar-refractivity contribution in [2.24, 2.45) is 0 Å². The first kappa shape index (κ1) is 13.0. The number of nitrogens with zero attached hydrogens (tertiary/aromatic N) is 2. The van der Waals surface area contributed by atoms with Crippen molar-refractivity contribution in [3.8, 4) is 0 Å². The monoisotopic (exact) mass is 331 g/mol. The zero-order valence-corrected chi connectivity index (χ0v) is 11.5. The number of hydrogen-bond donors (Lipinski definition) is 3. The summed E-state index contributed by atoms with van der Waals surface area (Å²) in [5.41, 5.74) is 6.28. The largest absolute Gasteiger partial charge is 0.383 e. The van der Waals surface area contributed by atoms with Crippen molar-refractivity contribution in [2.75, 3.05) is 5.73 Å². The molecule has 7 nitrogen and oxygen atoms in total. The van der Waals surface area contributed by atoms with Gasteiger partial charge >= 0.3 is 0 Å². The minimum atomic E-state index is -3.70. The Kier molecular flexibility index (Phi) is 3.64. The van der Waals surface area contributed by atoms with Crippen LogP contribution in [0, 0.1) is 0 Å². The third-order valence-electron chi connectivity index (χ3n) is 2.16. The van der Waals surface area contributed by atoms with E-state index in [0.717, 1.165) is 5.56 Å². The van der Waals surface area contributed by atoms with Gasteiger partial charge in [0.2, 0.25) is 10.0 Å². The van der Waals surface area contributed by atoms with Crippen LogP contribution in [0.3, 0.4) is 0 Å². The number of H-pyrrole nitrogens is 1. The molecule has 0 bridgehead atoms. The van der Waals surface area contributed by atoms with Crippen molar-refractivity contribution in [3.63, 3.8) is 0 Å². The van der Waals surface area contributed by atoms with Crippen LogP contribution < -0.4 is 10.5 Å². The Morgan fingerprint density at radius 1 is 1.44 bits per heavy atom. The van der Waals surface area contributed by atoms with Crippen LogP contribution in [-0.2, 0) is 16.6 Å². The van der Waals surface area contributed by atoms with Crippen LogP contribution in [0.5, 0.6) is 0 Å². The van der Waals surface area contributed by atoms with Gasteiger partial charge in [-0.1, -0.05) is 0 Å². The summed E-state index contributed by atoms with van der Waals surface area (Å²) in [5.74, 6) is -0.0436. The highest BCUT2D eigenvalue weighted by Crippen LogP contribution is 2.20. The topological polar surface area (TPSA) is 114 Å². The van der Waals surface area contributed by atoms with Crippen LogP contribution in [0.25, 0.3) is 0 Å². The Balaban J connectivity index is 2.22. The lowest BCUT2D eigenvalue weighted by Crippen LogP contribution is -2.24. The van der Waals surface area contributed by atoms with E-state index in [1.807, 2.05) is 0 Å². The number of anilines is 1. The number of aromatic amines is 1. The van der Waals surface area contributed by atoms with E-state index in [-0.39, 0.29) is 17.3 Å². The average molecular weight is 332 g/mol. The number of pyridine rings is 1. The first-order valence-corrected chi connectivity index (χ1v) is 7.15. The molecule has 2 heterocycles. The van der Waals surface area contributed by atoms with Gasteiger partial charge in [-0.3, -0.25) is 5.10 Å². The standard InChI is InChI=1S/C9H10BrN5O2S/c10-7-1-8(9(11)12-5-7)18(16,17)15-4-6-2-13-14-3-6/h1-3,5,15H,4H2,(H2,11,12)(H,13,14). The molecule has 18 heavy (non-hydrogen) atoms. The van der Waals surface area contributed by atoms with Gasteiger partial charge in [0, 0.05) is 29.0 Å². The smallest absolute Gasteiger partial charge is 0.244 e. The number of sulfonamides is 1. The zero-order valence-electron chi connectivity index (χ0n) is 9.09. The molecule has 2 aromatic heterocycles. The molecule has 0 saturated heterocycles. The van der Waals surface area contributed by atoms with Crippen LogP contribution in [0.15, 0.2) is 34.0 Å². The molecule has 2 aromatic rings. The minimum absolute atomic E-state index is 0.0436. The van der Waals surface area contributed by atoms with Gasteiger partial charge in [-0.05, 0) is 22.0 Å². The van der Waals surface area contributed by atoms with Crippen molar-refractivity contribution in [1.82, 2.24) is 19.9 Å². The fourth-order valence-electron chi connectivity index (χ4n) is 1.28. The molecule has 0 fully saturated rings. The van der Waals surface area contributed by atoms with Crippen molar-refractivity contribution in [1.29, 1.82) is 0 Å². The molecule has 0 aliphatic heterocycles. The number of nitrogen functional groups attached to an aromatic ring is 1. The van der Waals surface area contributed by atoms with Gasteiger partial charge in [0.15, 0.2) is 0 Å². The third-order valence-corrected chi connectivity index (χ3v) is 4.02. The molecule has 0 amide bonds. The van der Waals surface area contributed by atoms with E-state index in [4.69, 9.17) is 5.73 Å². The summed E-state index contributed by atoms with van der Waals surface area (Å²) >= 11 is 3.15. The SMILES string of the molecule is Nc1ncc(Br)cc1S(=O)(=O)NCc1cn[nH]c1. The van der Waals surface area contributed by atoms with Gasteiger partial charge in [0.1, 0.15) is 10.7 Å². The molecular formula is C9H10BrN5O2S. The van der Waals surface area contributed by atoms with E-state index in [1.165, 1.54) is 18.5 Å². The Hall–Kier alpha value is -1.45. The van der Waals surface area contributed by atoms with E-state index < -0.39 is 10.0 Å². The van der Waals surface area contributed by atoms with Crippen LogP contribution >= 0.6 is 15.9 Å². The lowest BCUT2D eigenvalue weighted by molar-refractivity contribution is 0.581. The van der Waals surface area contributed by atoms with Crippen molar-refractivity contribution < 1.29 is 8.42 Å². The average Bonchev–Trinajstić information content (AvgIpc) is 2.83. The predicted octanol–water partition coefficient (Wildman–Crippen LogP) is 0.628. The van der Waals surface area contributed by atoms with Crippen LogP contribution in [0.2, 0.25) is 0 Å². The first-order valence-electron chi connectivity index (χ1n) is 4.87. The molecule has 0 unspecified atom stereocenters. The van der Waals surface area contributed by atoms with E-state index in [9.17, 15) is 8.42 Å². The number of hydrogen-bond acceptors (Lipinski definition) is 5. The number of nitrogens with two attached hydrogens (primary N) is 1. The van der Waals surface area contributed by atoms with E-state index in [2.05, 4.69) is 35.8 Å². The zero-order chi connectivity index (χ0) is 13.2. The Bertz CT molecular complexity index is 641. The maximum Gasteiger partial charge on any atom is 0.244 e. The molecule has 4 N–H and O–H groups in total. The number of aromatic nitrogens is 3.